The molecule has 0 atom stereocenters. The molecule has 4 nitrogen and oxygen atoms in total. The minimum atomic E-state index is 0.511. The van der Waals surface area contributed by atoms with Crippen molar-refractivity contribution in [1.82, 2.24) is 5.16 Å². The SMILES string of the molecule is CC(Cc1cc(C)no1)=NO. The van der Waals surface area contributed by atoms with Gasteiger partial charge in [0.1, 0.15) is 5.76 Å². The minimum Gasteiger partial charge on any atom is -0.411 e. The van der Waals surface area contributed by atoms with Crippen molar-refractivity contribution >= 4 is 5.71 Å². The van der Waals surface area contributed by atoms with Crippen molar-refractivity contribution in [3.05, 3.63) is 17.5 Å². The molecule has 1 aromatic heterocycles. The van der Waals surface area contributed by atoms with Crippen LogP contribution in [0.25, 0.3) is 0 Å². The monoisotopic (exact) mass is 154 g/mol. The van der Waals surface area contributed by atoms with E-state index in [0.29, 0.717) is 12.1 Å². The molecular formula is C7H10N2O2. The van der Waals surface area contributed by atoms with Gasteiger partial charge in [0.15, 0.2) is 0 Å². The van der Waals surface area contributed by atoms with E-state index in [1.807, 2.05) is 13.0 Å². The molecule has 0 aliphatic carbocycles. The van der Waals surface area contributed by atoms with Gasteiger partial charge in [-0.1, -0.05) is 10.3 Å². The van der Waals surface area contributed by atoms with Gasteiger partial charge in [-0.05, 0) is 13.8 Å². The first-order valence-corrected chi connectivity index (χ1v) is 3.32. The molecule has 0 saturated heterocycles. The van der Waals surface area contributed by atoms with Crippen molar-refractivity contribution in [2.75, 3.05) is 0 Å². The van der Waals surface area contributed by atoms with Gasteiger partial charge in [0.05, 0.1) is 17.8 Å². The maximum absolute atomic E-state index is 8.33. The van der Waals surface area contributed by atoms with Crippen molar-refractivity contribution in [2.45, 2.75) is 20.3 Å². The highest BCUT2D eigenvalue weighted by Crippen LogP contribution is 2.03. The molecule has 1 N–H and O–H groups in total. The van der Waals surface area contributed by atoms with Gasteiger partial charge in [0, 0.05) is 6.07 Å². The summed E-state index contributed by atoms with van der Waals surface area (Å²) in [5, 5.41) is 15.0. The lowest BCUT2D eigenvalue weighted by Gasteiger charge is -1.89. The fraction of sp³-hybridized carbons (Fsp3) is 0.429. The van der Waals surface area contributed by atoms with Gasteiger partial charge >= 0.3 is 0 Å². The smallest absolute Gasteiger partial charge is 0.142 e. The molecule has 1 aromatic rings. The van der Waals surface area contributed by atoms with Gasteiger partial charge in [0.25, 0.3) is 0 Å². The second kappa shape index (κ2) is 3.18. The molecule has 0 amide bonds. The molecule has 0 unspecified atom stereocenters. The molecule has 1 rings (SSSR count). The average molecular weight is 154 g/mol. The van der Waals surface area contributed by atoms with Gasteiger partial charge in [-0.3, -0.25) is 0 Å². The number of aromatic nitrogens is 1. The van der Waals surface area contributed by atoms with Gasteiger partial charge in [0.2, 0.25) is 0 Å². The lowest BCUT2D eigenvalue weighted by molar-refractivity contribution is 0.316. The fourth-order valence-electron chi connectivity index (χ4n) is 0.787. The van der Waals surface area contributed by atoms with E-state index in [1.54, 1.807) is 6.92 Å². The summed E-state index contributed by atoms with van der Waals surface area (Å²) in [6.45, 7) is 3.57. The van der Waals surface area contributed by atoms with Crippen LogP contribution in [-0.4, -0.2) is 16.1 Å². The van der Waals surface area contributed by atoms with Gasteiger partial charge in [-0.15, -0.1) is 0 Å². The summed E-state index contributed by atoms with van der Waals surface area (Å²) in [6.07, 6.45) is 0.511. The van der Waals surface area contributed by atoms with Crippen molar-refractivity contribution in [1.29, 1.82) is 0 Å². The van der Waals surface area contributed by atoms with Crippen LogP contribution in [0.4, 0.5) is 0 Å². The van der Waals surface area contributed by atoms with Crippen LogP contribution < -0.4 is 0 Å². The third kappa shape index (κ3) is 2.07. The molecule has 0 aromatic carbocycles. The summed E-state index contributed by atoms with van der Waals surface area (Å²) in [5.74, 6) is 0.720. The summed E-state index contributed by atoms with van der Waals surface area (Å²) in [5.41, 5.74) is 1.45. The molecule has 4 heteroatoms. The Morgan fingerprint density at radius 2 is 2.55 bits per heavy atom. The molecule has 0 radical (unpaired) electrons. The van der Waals surface area contributed by atoms with E-state index in [1.165, 1.54) is 0 Å². The van der Waals surface area contributed by atoms with Crippen LogP contribution in [0.5, 0.6) is 0 Å². The van der Waals surface area contributed by atoms with E-state index >= 15 is 0 Å². The number of hydrogen-bond donors (Lipinski definition) is 1. The van der Waals surface area contributed by atoms with E-state index in [9.17, 15) is 0 Å². The zero-order valence-corrected chi connectivity index (χ0v) is 6.53. The third-order valence-corrected chi connectivity index (χ3v) is 1.28. The van der Waals surface area contributed by atoms with E-state index in [0.717, 1.165) is 11.5 Å². The zero-order valence-electron chi connectivity index (χ0n) is 6.53. The summed E-state index contributed by atoms with van der Waals surface area (Å²) in [4.78, 5) is 0. The van der Waals surface area contributed by atoms with Crippen LogP contribution in [0.15, 0.2) is 15.7 Å². The number of rotatable bonds is 2. The van der Waals surface area contributed by atoms with Crippen LogP contribution >= 0.6 is 0 Å². The lowest BCUT2D eigenvalue weighted by Crippen LogP contribution is -1.95. The maximum Gasteiger partial charge on any atom is 0.142 e. The summed E-state index contributed by atoms with van der Waals surface area (Å²) in [7, 11) is 0. The van der Waals surface area contributed by atoms with Gasteiger partial charge in [-0.2, -0.15) is 0 Å². The Labute approximate surface area is 64.5 Å². The van der Waals surface area contributed by atoms with Crippen molar-refractivity contribution in [3.8, 4) is 0 Å². The van der Waals surface area contributed by atoms with E-state index in [2.05, 4.69) is 10.3 Å². The Hall–Kier alpha value is -1.32. The average Bonchev–Trinajstić information content (AvgIpc) is 2.35. The van der Waals surface area contributed by atoms with Crippen LogP contribution in [0.2, 0.25) is 0 Å². The molecule has 0 aliphatic heterocycles. The summed E-state index contributed by atoms with van der Waals surface area (Å²) >= 11 is 0. The normalized spacial score (nSPS) is 12.0. The van der Waals surface area contributed by atoms with Crippen LogP contribution in [0, 0.1) is 6.92 Å². The number of aryl methyl sites for hydroxylation is 1. The van der Waals surface area contributed by atoms with Gasteiger partial charge < -0.3 is 9.73 Å². The first-order valence-electron chi connectivity index (χ1n) is 3.32. The van der Waals surface area contributed by atoms with Crippen LogP contribution in [0.1, 0.15) is 18.4 Å². The van der Waals surface area contributed by atoms with Gasteiger partial charge in [-0.25, -0.2) is 0 Å². The quantitative estimate of drug-likeness (QED) is 0.397. The summed E-state index contributed by atoms with van der Waals surface area (Å²) in [6, 6.07) is 1.81. The van der Waals surface area contributed by atoms with Crippen LogP contribution in [-0.2, 0) is 6.42 Å². The first kappa shape index (κ1) is 7.78. The standard InChI is InChI=1S/C7H10N2O2/c1-5(8-10)3-7-4-6(2)9-11-7/h4,10H,3H2,1-2H3. The molecular weight excluding hydrogens is 144 g/mol. The fourth-order valence-corrected chi connectivity index (χ4v) is 0.787. The van der Waals surface area contributed by atoms with Crippen molar-refractivity contribution in [3.63, 3.8) is 0 Å². The molecule has 1 heterocycles. The van der Waals surface area contributed by atoms with Crippen molar-refractivity contribution < 1.29 is 9.73 Å². The Kier molecular flexibility index (Phi) is 2.25. The second-order valence-electron chi connectivity index (χ2n) is 2.45. The first-order chi connectivity index (χ1) is 5.22. The van der Waals surface area contributed by atoms with E-state index in [-0.39, 0.29) is 0 Å². The van der Waals surface area contributed by atoms with E-state index in [4.69, 9.17) is 9.73 Å². The topological polar surface area (TPSA) is 58.6 Å². The predicted octanol–water partition coefficient (Wildman–Crippen LogP) is 1.38. The third-order valence-electron chi connectivity index (χ3n) is 1.28. The Balaban J connectivity index is 2.65. The summed E-state index contributed by atoms with van der Waals surface area (Å²) < 4.78 is 4.89. The Morgan fingerprint density at radius 1 is 1.82 bits per heavy atom. The number of oxime groups is 1. The highest BCUT2D eigenvalue weighted by atomic mass is 16.5. The largest absolute Gasteiger partial charge is 0.411 e. The van der Waals surface area contributed by atoms with Crippen LogP contribution in [0.3, 0.4) is 0 Å². The zero-order chi connectivity index (χ0) is 8.27. The highest BCUT2D eigenvalue weighted by Gasteiger charge is 2.01. The second-order valence-corrected chi connectivity index (χ2v) is 2.45. The molecule has 11 heavy (non-hydrogen) atoms. The minimum absolute atomic E-state index is 0.511. The highest BCUT2D eigenvalue weighted by molar-refractivity contribution is 5.82. The number of nitrogens with zero attached hydrogens (tertiary/aromatic N) is 2. The molecule has 0 aliphatic rings. The van der Waals surface area contributed by atoms with E-state index < -0.39 is 0 Å². The molecule has 0 bridgehead atoms. The Morgan fingerprint density at radius 3 is 3.00 bits per heavy atom. The molecule has 60 valence electrons. The lowest BCUT2D eigenvalue weighted by atomic mass is 10.2. The predicted molar refractivity (Wildman–Crippen MR) is 39.8 cm³/mol. The maximum atomic E-state index is 8.33. The molecule has 0 fully saturated rings. The molecule has 0 saturated carbocycles. The van der Waals surface area contributed by atoms with Crippen molar-refractivity contribution in [2.24, 2.45) is 5.16 Å². The molecule has 0 spiro atoms. The Bertz CT molecular complexity index is 265. The number of hydrogen-bond acceptors (Lipinski definition) is 4.